The Morgan fingerprint density at radius 3 is 2.67 bits per heavy atom. The topological polar surface area (TPSA) is 50.4 Å². The predicted octanol–water partition coefficient (Wildman–Crippen LogP) is 3.47. The monoisotopic (exact) mass is 258 g/mol. The summed E-state index contributed by atoms with van der Waals surface area (Å²) in [5.41, 5.74) is -0.620. The minimum atomic E-state index is -4.48. The van der Waals surface area contributed by atoms with E-state index in [2.05, 4.69) is 0 Å². The summed E-state index contributed by atoms with van der Waals surface area (Å²) in [4.78, 5) is 10.4. The zero-order valence-corrected chi connectivity index (χ0v) is 9.12. The molecule has 0 aliphatic carbocycles. The molecule has 2 rings (SSSR count). The number of aryl methyl sites for hydroxylation is 1. The van der Waals surface area contributed by atoms with E-state index in [1.54, 1.807) is 0 Å². The maximum Gasteiger partial charge on any atom is 0.420 e. The van der Waals surface area contributed by atoms with Crippen molar-refractivity contribution in [2.24, 2.45) is 0 Å². The minimum Gasteiger partial charge on any atom is -0.481 e. The number of carboxylic acids is 1. The third-order valence-electron chi connectivity index (χ3n) is 2.59. The second kappa shape index (κ2) is 4.36. The average molecular weight is 258 g/mol. The molecular weight excluding hydrogens is 249 g/mol. The van der Waals surface area contributed by atoms with Gasteiger partial charge in [-0.3, -0.25) is 4.79 Å². The molecule has 1 heterocycles. The number of para-hydroxylation sites is 1. The van der Waals surface area contributed by atoms with Gasteiger partial charge >= 0.3 is 12.1 Å². The van der Waals surface area contributed by atoms with Gasteiger partial charge in [0.25, 0.3) is 0 Å². The Balaban J connectivity index is 2.45. The van der Waals surface area contributed by atoms with Crippen LogP contribution in [0.2, 0.25) is 0 Å². The first-order valence-corrected chi connectivity index (χ1v) is 5.17. The van der Waals surface area contributed by atoms with E-state index >= 15 is 0 Å². The number of benzene rings is 1. The Hall–Kier alpha value is -1.98. The Morgan fingerprint density at radius 2 is 2.06 bits per heavy atom. The molecule has 0 atom stereocenters. The number of furan rings is 1. The molecule has 0 aliphatic rings. The molecule has 0 saturated carbocycles. The van der Waals surface area contributed by atoms with Crippen LogP contribution >= 0.6 is 0 Å². The van der Waals surface area contributed by atoms with Crippen LogP contribution in [0.1, 0.15) is 17.5 Å². The van der Waals surface area contributed by atoms with Crippen molar-refractivity contribution in [2.45, 2.75) is 19.0 Å². The first kappa shape index (κ1) is 12.5. The van der Waals surface area contributed by atoms with Crippen LogP contribution < -0.4 is 0 Å². The van der Waals surface area contributed by atoms with E-state index in [0.717, 1.165) is 6.07 Å². The van der Waals surface area contributed by atoms with Gasteiger partial charge in [-0.1, -0.05) is 12.1 Å². The average Bonchev–Trinajstić information content (AvgIpc) is 2.67. The summed E-state index contributed by atoms with van der Waals surface area (Å²) in [6.45, 7) is 0. The Kier molecular flexibility index (Phi) is 3.02. The fourth-order valence-corrected chi connectivity index (χ4v) is 1.77. The lowest BCUT2D eigenvalue weighted by atomic mass is 10.1. The van der Waals surface area contributed by atoms with Crippen LogP contribution in [0, 0.1) is 0 Å². The summed E-state index contributed by atoms with van der Waals surface area (Å²) in [6, 6.07) is 3.71. The first-order chi connectivity index (χ1) is 8.39. The number of aliphatic carboxylic acids is 1. The van der Waals surface area contributed by atoms with Crippen LogP contribution in [0.5, 0.6) is 0 Å². The van der Waals surface area contributed by atoms with E-state index in [4.69, 9.17) is 9.52 Å². The molecule has 3 nitrogen and oxygen atoms in total. The van der Waals surface area contributed by atoms with Crippen molar-refractivity contribution in [3.05, 3.63) is 35.6 Å². The number of fused-ring (bicyclic) bond motifs is 1. The van der Waals surface area contributed by atoms with Gasteiger partial charge in [0.15, 0.2) is 0 Å². The summed E-state index contributed by atoms with van der Waals surface area (Å²) >= 11 is 0. The second-order valence-electron chi connectivity index (χ2n) is 3.83. The molecular formula is C12H9F3O3. The molecule has 0 fully saturated rings. The number of alkyl halides is 3. The molecule has 1 aromatic carbocycles. The molecule has 0 radical (unpaired) electrons. The van der Waals surface area contributed by atoms with Gasteiger partial charge in [-0.25, -0.2) is 0 Å². The molecule has 6 heteroatoms. The summed E-state index contributed by atoms with van der Waals surface area (Å²) in [5.74, 6) is -1.00. The summed E-state index contributed by atoms with van der Waals surface area (Å²) in [7, 11) is 0. The Morgan fingerprint density at radius 1 is 1.33 bits per heavy atom. The van der Waals surface area contributed by atoms with Gasteiger partial charge < -0.3 is 9.52 Å². The van der Waals surface area contributed by atoms with E-state index in [1.165, 1.54) is 18.4 Å². The van der Waals surface area contributed by atoms with Gasteiger partial charge in [0.05, 0.1) is 11.8 Å². The van der Waals surface area contributed by atoms with Gasteiger partial charge in [-0.05, 0) is 18.1 Å². The first-order valence-electron chi connectivity index (χ1n) is 5.17. The van der Waals surface area contributed by atoms with E-state index in [-0.39, 0.29) is 18.4 Å². The number of halogens is 3. The quantitative estimate of drug-likeness (QED) is 0.917. The Bertz CT molecular complexity index is 584. The highest BCUT2D eigenvalue weighted by molar-refractivity contribution is 5.84. The van der Waals surface area contributed by atoms with Gasteiger partial charge in [0.2, 0.25) is 0 Å². The molecule has 18 heavy (non-hydrogen) atoms. The SMILES string of the molecule is O=C(O)CCc1coc2c(C(F)(F)F)cccc12. The number of carbonyl (C=O) groups is 1. The van der Waals surface area contributed by atoms with Crippen LogP contribution in [0.3, 0.4) is 0 Å². The molecule has 0 aliphatic heterocycles. The molecule has 0 spiro atoms. The van der Waals surface area contributed by atoms with Crippen LogP contribution in [-0.2, 0) is 17.4 Å². The van der Waals surface area contributed by atoms with Crippen LogP contribution in [0.4, 0.5) is 13.2 Å². The van der Waals surface area contributed by atoms with Crippen LogP contribution in [0.25, 0.3) is 11.0 Å². The third kappa shape index (κ3) is 2.32. The highest BCUT2D eigenvalue weighted by Crippen LogP contribution is 2.36. The zero-order chi connectivity index (χ0) is 13.3. The summed E-state index contributed by atoms with van der Waals surface area (Å²) in [5, 5.41) is 8.87. The lowest BCUT2D eigenvalue weighted by molar-refractivity contribution is -0.137. The minimum absolute atomic E-state index is 0.143. The maximum atomic E-state index is 12.7. The standard InChI is InChI=1S/C12H9F3O3/c13-12(14,15)9-3-1-2-8-7(4-5-10(16)17)6-18-11(8)9/h1-3,6H,4-5H2,(H,16,17). The van der Waals surface area contributed by atoms with Gasteiger partial charge in [0, 0.05) is 11.8 Å². The maximum absolute atomic E-state index is 12.7. The number of carboxylic acid groups (broad SMARTS) is 1. The van der Waals surface area contributed by atoms with E-state index in [1.807, 2.05) is 0 Å². The van der Waals surface area contributed by atoms with E-state index in [9.17, 15) is 18.0 Å². The third-order valence-corrected chi connectivity index (χ3v) is 2.59. The van der Waals surface area contributed by atoms with Crippen LogP contribution in [-0.4, -0.2) is 11.1 Å². The molecule has 0 bridgehead atoms. The highest BCUT2D eigenvalue weighted by atomic mass is 19.4. The van der Waals surface area contributed by atoms with Gasteiger partial charge in [0.1, 0.15) is 5.58 Å². The lowest BCUT2D eigenvalue weighted by Crippen LogP contribution is -2.04. The molecule has 1 aromatic heterocycles. The van der Waals surface area contributed by atoms with Crippen molar-refractivity contribution in [3.8, 4) is 0 Å². The fraction of sp³-hybridized carbons (Fsp3) is 0.250. The van der Waals surface area contributed by atoms with Crippen molar-refractivity contribution in [2.75, 3.05) is 0 Å². The molecule has 0 amide bonds. The predicted molar refractivity (Wildman–Crippen MR) is 57.2 cm³/mol. The molecule has 0 unspecified atom stereocenters. The normalized spacial score (nSPS) is 11.9. The molecule has 96 valence electrons. The molecule has 0 saturated heterocycles. The molecule has 2 aromatic rings. The smallest absolute Gasteiger partial charge is 0.420 e. The second-order valence-corrected chi connectivity index (χ2v) is 3.83. The summed E-state index contributed by atoms with van der Waals surface area (Å²) < 4.78 is 43.0. The molecule has 1 N–H and O–H groups in total. The lowest BCUT2D eigenvalue weighted by Gasteiger charge is -2.06. The van der Waals surface area contributed by atoms with Crippen molar-refractivity contribution in [1.29, 1.82) is 0 Å². The zero-order valence-electron chi connectivity index (χ0n) is 9.12. The largest absolute Gasteiger partial charge is 0.481 e. The van der Waals surface area contributed by atoms with Gasteiger partial charge in [-0.15, -0.1) is 0 Å². The number of hydrogen-bond donors (Lipinski definition) is 1. The van der Waals surface area contributed by atoms with Crippen molar-refractivity contribution in [1.82, 2.24) is 0 Å². The van der Waals surface area contributed by atoms with Crippen molar-refractivity contribution < 1.29 is 27.5 Å². The van der Waals surface area contributed by atoms with E-state index in [0.29, 0.717) is 10.9 Å². The summed E-state index contributed by atoms with van der Waals surface area (Å²) in [6.07, 6.45) is -3.31. The van der Waals surface area contributed by atoms with Gasteiger partial charge in [-0.2, -0.15) is 13.2 Å². The van der Waals surface area contributed by atoms with Crippen molar-refractivity contribution >= 4 is 16.9 Å². The van der Waals surface area contributed by atoms with E-state index < -0.39 is 17.7 Å². The number of rotatable bonds is 3. The van der Waals surface area contributed by atoms with Crippen molar-refractivity contribution in [3.63, 3.8) is 0 Å². The highest BCUT2D eigenvalue weighted by Gasteiger charge is 2.34. The number of hydrogen-bond acceptors (Lipinski definition) is 2. The van der Waals surface area contributed by atoms with Crippen LogP contribution in [0.15, 0.2) is 28.9 Å². The Labute approximate surface area is 99.8 Å². The fourth-order valence-electron chi connectivity index (χ4n) is 1.77.